The molecule has 1 aliphatic rings. The first kappa shape index (κ1) is 13.0. The van der Waals surface area contributed by atoms with Crippen LogP contribution in [0, 0.1) is 0 Å². The van der Waals surface area contributed by atoms with E-state index < -0.39 is 17.8 Å². The van der Waals surface area contributed by atoms with Gasteiger partial charge in [0.25, 0.3) is 5.56 Å². The summed E-state index contributed by atoms with van der Waals surface area (Å²) < 4.78 is 7.16. The average molecular weight is 281 g/mol. The van der Waals surface area contributed by atoms with Crippen molar-refractivity contribution in [1.82, 2.24) is 19.5 Å². The van der Waals surface area contributed by atoms with E-state index >= 15 is 0 Å². The third-order valence-electron chi connectivity index (χ3n) is 3.37. The fourth-order valence-corrected chi connectivity index (χ4v) is 2.42. The van der Waals surface area contributed by atoms with Crippen molar-refractivity contribution in [2.75, 3.05) is 12.3 Å². The highest BCUT2D eigenvalue weighted by Crippen LogP contribution is 2.22. The Morgan fingerprint density at radius 2 is 2.40 bits per heavy atom. The number of nitrogen functional groups attached to an aromatic ring is 1. The predicted octanol–water partition coefficient (Wildman–Crippen LogP) is -1.79. The fourth-order valence-electron chi connectivity index (χ4n) is 2.42. The molecular weight excluding hydrogens is 266 g/mol. The maximum absolute atomic E-state index is 11.6. The summed E-state index contributed by atoms with van der Waals surface area (Å²) in [5.41, 5.74) is 5.70. The summed E-state index contributed by atoms with van der Waals surface area (Å²) >= 11 is 0. The van der Waals surface area contributed by atoms with Gasteiger partial charge in [0.15, 0.2) is 11.2 Å². The van der Waals surface area contributed by atoms with Crippen LogP contribution in [0.5, 0.6) is 0 Å². The van der Waals surface area contributed by atoms with Crippen LogP contribution in [0.4, 0.5) is 5.95 Å². The maximum atomic E-state index is 11.6. The number of fused-ring (bicyclic) bond motifs is 1. The first-order valence-electron chi connectivity index (χ1n) is 6.23. The van der Waals surface area contributed by atoms with Gasteiger partial charge in [-0.1, -0.05) is 0 Å². The normalized spacial score (nSPS) is 26.4. The van der Waals surface area contributed by atoms with E-state index in [1.54, 1.807) is 4.57 Å². The van der Waals surface area contributed by atoms with E-state index in [0.717, 1.165) is 0 Å². The van der Waals surface area contributed by atoms with Crippen LogP contribution in [0.1, 0.15) is 6.42 Å². The minimum atomic E-state index is -0.693. The second kappa shape index (κ2) is 4.85. The molecule has 0 bridgehead atoms. The first-order valence-corrected chi connectivity index (χ1v) is 6.23. The number of hydrogen-bond acceptors (Lipinski definition) is 7. The van der Waals surface area contributed by atoms with Gasteiger partial charge in [-0.25, -0.2) is 4.98 Å². The number of aliphatic hydroxyl groups excluding tert-OH is 2. The van der Waals surface area contributed by atoms with Crippen molar-refractivity contribution in [3.63, 3.8) is 0 Å². The van der Waals surface area contributed by atoms with E-state index in [4.69, 9.17) is 15.6 Å². The van der Waals surface area contributed by atoms with Gasteiger partial charge in [-0.15, -0.1) is 0 Å². The van der Waals surface area contributed by atoms with Gasteiger partial charge in [0, 0.05) is 6.42 Å². The molecule has 1 fully saturated rings. The quantitative estimate of drug-likeness (QED) is 0.521. The Hall–Kier alpha value is -1.97. The molecule has 9 nitrogen and oxygen atoms in total. The number of aliphatic hydroxyl groups is 2. The van der Waals surface area contributed by atoms with Gasteiger partial charge < -0.3 is 25.3 Å². The van der Waals surface area contributed by atoms with Crippen LogP contribution in [0.15, 0.2) is 11.1 Å². The molecule has 2 aromatic rings. The van der Waals surface area contributed by atoms with Crippen LogP contribution in [-0.4, -0.2) is 54.7 Å². The zero-order chi connectivity index (χ0) is 14.3. The molecule has 3 rings (SSSR count). The number of aromatic nitrogens is 4. The number of imidazole rings is 1. The average Bonchev–Trinajstić information content (AvgIpc) is 2.94. The number of nitrogens with two attached hydrogens (primary N) is 1. The molecule has 108 valence electrons. The lowest BCUT2D eigenvalue weighted by molar-refractivity contribution is -0.0255. The molecule has 0 aromatic carbocycles. The highest BCUT2D eigenvalue weighted by molar-refractivity contribution is 5.70. The molecule has 20 heavy (non-hydrogen) atoms. The van der Waals surface area contributed by atoms with Crippen molar-refractivity contribution in [2.45, 2.75) is 31.3 Å². The summed E-state index contributed by atoms with van der Waals surface area (Å²) in [5, 5.41) is 18.7. The van der Waals surface area contributed by atoms with Crippen molar-refractivity contribution in [3.05, 3.63) is 16.7 Å². The number of ether oxygens (including phenoxy) is 1. The van der Waals surface area contributed by atoms with E-state index in [1.165, 1.54) is 6.33 Å². The Morgan fingerprint density at radius 1 is 1.60 bits per heavy atom. The Labute approximate surface area is 113 Å². The third kappa shape index (κ3) is 2.15. The molecule has 2 aromatic heterocycles. The standard InChI is InChI=1S/C11H15N5O4/c12-11-14-9-8(10(19)15-11)13-4-16(9)2-5-1-6(18)7(3-17)20-5/h4-7,17-18H,1-3H2,(H3,12,14,15,19). The lowest BCUT2D eigenvalue weighted by Crippen LogP contribution is -2.24. The van der Waals surface area contributed by atoms with E-state index in [9.17, 15) is 9.90 Å². The Balaban J connectivity index is 1.87. The van der Waals surface area contributed by atoms with Crippen molar-refractivity contribution in [3.8, 4) is 0 Å². The van der Waals surface area contributed by atoms with Crippen molar-refractivity contribution in [1.29, 1.82) is 0 Å². The van der Waals surface area contributed by atoms with E-state index in [1.807, 2.05) is 0 Å². The van der Waals surface area contributed by atoms with Crippen molar-refractivity contribution < 1.29 is 14.9 Å². The minimum Gasteiger partial charge on any atom is -0.394 e. The first-order chi connectivity index (χ1) is 9.58. The van der Waals surface area contributed by atoms with E-state index in [2.05, 4.69) is 15.0 Å². The van der Waals surface area contributed by atoms with Crippen LogP contribution < -0.4 is 11.3 Å². The molecule has 0 aliphatic carbocycles. The second-order valence-corrected chi connectivity index (χ2v) is 4.80. The summed E-state index contributed by atoms with van der Waals surface area (Å²) in [5.74, 6) is 0.0184. The maximum Gasteiger partial charge on any atom is 0.280 e. The van der Waals surface area contributed by atoms with Crippen LogP contribution in [-0.2, 0) is 11.3 Å². The van der Waals surface area contributed by atoms with Gasteiger partial charge in [0.2, 0.25) is 5.95 Å². The Kier molecular flexibility index (Phi) is 3.16. The molecule has 0 amide bonds. The lowest BCUT2D eigenvalue weighted by Gasteiger charge is -2.12. The molecule has 1 saturated heterocycles. The van der Waals surface area contributed by atoms with Gasteiger partial charge >= 0.3 is 0 Å². The summed E-state index contributed by atoms with van der Waals surface area (Å²) in [6, 6.07) is 0. The largest absolute Gasteiger partial charge is 0.394 e. The molecule has 3 heterocycles. The summed E-state index contributed by atoms with van der Waals surface area (Å²) in [7, 11) is 0. The van der Waals surface area contributed by atoms with Crippen molar-refractivity contribution in [2.24, 2.45) is 0 Å². The second-order valence-electron chi connectivity index (χ2n) is 4.80. The van der Waals surface area contributed by atoms with E-state index in [0.29, 0.717) is 18.6 Å². The van der Waals surface area contributed by atoms with Crippen LogP contribution >= 0.6 is 0 Å². The number of nitrogens with zero attached hydrogens (tertiary/aromatic N) is 3. The monoisotopic (exact) mass is 281 g/mol. The predicted molar refractivity (Wildman–Crippen MR) is 68.9 cm³/mol. The molecule has 1 aliphatic heterocycles. The minimum absolute atomic E-state index is 0.0184. The van der Waals surface area contributed by atoms with Gasteiger partial charge in [-0.2, -0.15) is 4.98 Å². The highest BCUT2D eigenvalue weighted by atomic mass is 16.5. The summed E-state index contributed by atoms with van der Waals surface area (Å²) in [6.45, 7) is 0.146. The molecule has 0 spiro atoms. The molecular formula is C11H15N5O4. The number of anilines is 1. The topological polar surface area (TPSA) is 139 Å². The summed E-state index contributed by atoms with van der Waals surface area (Å²) in [6.07, 6.45) is 0.345. The van der Waals surface area contributed by atoms with Crippen LogP contribution in [0.3, 0.4) is 0 Å². The number of hydrogen-bond donors (Lipinski definition) is 4. The Morgan fingerprint density at radius 3 is 3.10 bits per heavy atom. The molecule has 5 N–H and O–H groups in total. The Bertz CT molecular complexity index is 681. The summed E-state index contributed by atoms with van der Waals surface area (Å²) in [4.78, 5) is 22.1. The molecule has 3 unspecified atom stereocenters. The SMILES string of the molecule is Nc1nc2c(ncn2CC2CC(O)C(CO)O2)c(=O)[nH]1. The molecule has 0 radical (unpaired) electrons. The number of nitrogens with one attached hydrogen (secondary N) is 1. The molecule has 3 atom stereocenters. The smallest absolute Gasteiger partial charge is 0.280 e. The van der Waals surface area contributed by atoms with Gasteiger partial charge in [-0.3, -0.25) is 9.78 Å². The number of H-pyrrole nitrogens is 1. The fraction of sp³-hybridized carbons (Fsp3) is 0.545. The zero-order valence-electron chi connectivity index (χ0n) is 10.6. The van der Waals surface area contributed by atoms with E-state index in [-0.39, 0.29) is 24.2 Å². The third-order valence-corrected chi connectivity index (χ3v) is 3.37. The zero-order valence-corrected chi connectivity index (χ0v) is 10.6. The van der Waals surface area contributed by atoms with Gasteiger partial charge in [0.05, 0.1) is 31.7 Å². The van der Waals surface area contributed by atoms with Crippen molar-refractivity contribution >= 4 is 17.1 Å². The molecule has 9 heteroatoms. The lowest BCUT2D eigenvalue weighted by atomic mass is 10.1. The number of aromatic amines is 1. The van der Waals surface area contributed by atoms with Crippen LogP contribution in [0.25, 0.3) is 11.2 Å². The van der Waals surface area contributed by atoms with Gasteiger partial charge in [-0.05, 0) is 0 Å². The number of rotatable bonds is 3. The molecule has 0 saturated carbocycles. The van der Waals surface area contributed by atoms with Crippen LogP contribution in [0.2, 0.25) is 0 Å². The highest BCUT2D eigenvalue weighted by Gasteiger charge is 2.33. The van der Waals surface area contributed by atoms with Gasteiger partial charge in [0.1, 0.15) is 6.10 Å².